The van der Waals surface area contributed by atoms with E-state index in [4.69, 9.17) is 14.2 Å². The van der Waals surface area contributed by atoms with E-state index in [1.807, 2.05) is 13.8 Å². The molecular weight excluding hydrogens is 464 g/mol. The molecule has 1 amide bonds. The maximum absolute atomic E-state index is 12.1. The fourth-order valence-electron chi connectivity index (χ4n) is 3.34. The Balaban J connectivity index is 1.70. The van der Waals surface area contributed by atoms with Crippen molar-refractivity contribution in [2.45, 2.75) is 57.4 Å². The molecule has 12 nitrogen and oxygen atoms in total. The van der Waals surface area contributed by atoms with Crippen LogP contribution >= 0.6 is 0 Å². The number of esters is 2. The summed E-state index contributed by atoms with van der Waals surface area (Å²) in [4.78, 5) is 38.3. The predicted molar refractivity (Wildman–Crippen MR) is 122 cm³/mol. The second kappa shape index (κ2) is 14.1. The van der Waals surface area contributed by atoms with Crippen molar-refractivity contribution >= 4 is 23.5 Å². The van der Waals surface area contributed by atoms with E-state index in [1.165, 1.54) is 12.1 Å². The Hall–Kier alpha value is -2.61. The number of benzene rings is 1. The molecular formula is C23H34N2O10. The molecule has 1 heterocycles. The van der Waals surface area contributed by atoms with Gasteiger partial charge in [0.1, 0.15) is 37.6 Å². The highest BCUT2D eigenvalue weighted by Gasteiger charge is 2.43. The highest BCUT2D eigenvalue weighted by atomic mass is 16.6. The Morgan fingerprint density at radius 1 is 0.943 bits per heavy atom. The highest BCUT2D eigenvalue weighted by molar-refractivity contribution is 5.94. The van der Waals surface area contributed by atoms with Gasteiger partial charge in [-0.05, 0) is 37.4 Å². The molecule has 0 spiro atoms. The van der Waals surface area contributed by atoms with Crippen LogP contribution in [-0.4, -0.2) is 107 Å². The van der Waals surface area contributed by atoms with Crippen molar-refractivity contribution in [2.24, 2.45) is 0 Å². The average molecular weight is 499 g/mol. The highest BCUT2D eigenvalue weighted by Crippen LogP contribution is 2.20. The first kappa shape index (κ1) is 28.6. The van der Waals surface area contributed by atoms with E-state index in [2.05, 4.69) is 10.2 Å². The van der Waals surface area contributed by atoms with E-state index in [-0.39, 0.29) is 19.4 Å². The molecule has 0 radical (unpaired) electrons. The lowest BCUT2D eigenvalue weighted by atomic mass is 9.99. The van der Waals surface area contributed by atoms with Crippen LogP contribution in [0, 0.1) is 0 Å². The zero-order chi connectivity index (χ0) is 26.0. The molecule has 1 aliphatic heterocycles. The molecule has 1 aromatic carbocycles. The zero-order valence-corrected chi connectivity index (χ0v) is 19.8. The van der Waals surface area contributed by atoms with Gasteiger partial charge in [-0.1, -0.05) is 13.8 Å². The number of hydrogen-bond donors (Lipinski definition) is 5. The Morgan fingerprint density at radius 2 is 1.60 bits per heavy atom. The molecule has 196 valence electrons. The zero-order valence-electron chi connectivity index (χ0n) is 19.8. The van der Waals surface area contributed by atoms with Crippen LogP contribution in [0.2, 0.25) is 0 Å². The summed E-state index contributed by atoms with van der Waals surface area (Å²) in [5, 5.41) is 41.0. The summed E-state index contributed by atoms with van der Waals surface area (Å²) in [5.74, 6) is -1.67. The topological polar surface area (TPSA) is 175 Å². The molecule has 1 unspecified atom stereocenters. The van der Waals surface area contributed by atoms with Gasteiger partial charge in [-0.2, -0.15) is 0 Å². The number of aliphatic hydroxyl groups excluding tert-OH is 4. The van der Waals surface area contributed by atoms with Gasteiger partial charge in [-0.25, -0.2) is 4.79 Å². The number of carbonyl (C=O) groups excluding carboxylic acids is 3. The van der Waals surface area contributed by atoms with E-state index < -0.39 is 55.2 Å². The fourth-order valence-corrected chi connectivity index (χ4v) is 3.34. The number of amides is 1. The van der Waals surface area contributed by atoms with Gasteiger partial charge in [0.15, 0.2) is 6.29 Å². The molecule has 0 saturated carbocycles. The Labute approximate surface area is 203 Å². The van der Waals surface area contributed by atoms with E-state index in [9.17, 15) is 34.8 Å². The Bertz CT molecular complexity index is 830. The second-order valence-electron chi connectivity index (χ2n) is 8.01. The molecule has 2 rings (SSSR count). The molecule has 35 heavy (non-hydrogen) atoms. The van der Waals surface area contributed by atoms with Gasteiger partial charge in [-0.3, -0.25) is 9.59 Å². The van der Waals surface area contributed by atoms with Gasteiger partial charge in [0.25, 0.3) is 0 Å². The van der Waals surface area contributed by atoms with E-state index in [0.717, 1.165) is 13.1 Å². The van der Waals surface area contributed by atoms with Crippen molar-refractivity contribution in [3.05, 3.63) is 29.8 Å². The van der Waals surface area contributed by atoms with Gasteiger partial charge in [0.2, 0.25) is 5.91 Å². The monoisotopic (exact) mass is 498 g/mol. The van der Waals surface area contributed by atoms with E-state index in [1.54, 1.807) is 12.1 Å². The number of nitrogens with zero attached hydrogens (tertiary/aromatic N) is 1. The minimum atomic E-state index is -1.73. The van der Waals surface area contributed by atoms with E-state index >= 15 is 0 Å². The largest absolute Gasteiger partial charge is 0.463 e. The average Bonchev–Trinajstić information content (AvgIpc) is 2.85. The number of aliphatic hydroxyl groups is 4. The number of likely N-dealkylation sites (N-methyl/N-ethyl adjacent to an activating group) is 1. The molecule has 0 aliphatic carbocycles. The van der Waals surface area contributed by atoms with Gasteiger partial charge in [0, 0.05) is 18.7 Å². The van der Waals surface area contributed by atoms with Crippen molar-refractivity contribution < 1.29 is 49.0 Å². The van der Waals surface area contributed by atoms with Crippen LogP contribution in [0.1, 0.15) is 37.0 Å². The minimum Gasteiger partial charge on any atom is -0.463 e. The summed E-state index contributed by atoms with van der Waals surface area (Å²) in [5.41, 5.74) is 0.782. The molecule has 1 fully saturated rings. The van der Waals surface area contributed by atoms with Crippen molar-refractivity contribution in [1.29, 1.82) is 0 Å². The number of ether oxygens (including phenoxy) is 3. The van der Waals surface area contributed by atoms with Crippen molar-refractivity contribution in [1.82, 2.24) is 4.90 Å². The quantitative estimate of drug-likeness (QED) is 0.229. The first-order valence-electron chi connectivity index (χ1n) is 11.5. The summed E-state index contributed by atoms with van der Waals surface area (Å²) in [6.07, 6.45) is -8.32. The number of hydrogen-bond acceptors (Lipinski definition) is 11. The smallest absolute Gasteiger partial charge is 0.338 e. The lowest BCUT2D eigenvalue weighted by Gasteiger charge is -2.37. The molecule has 5 N–H and O–H groups in total. The Morgan fingerprint density at radius 3 is 2.23 bits per heavy atom. The second-order valence-corrected chi connectivity index (χ2v) is 8.01. The molecule has 1 saturated heterocycles. The van der Waals surface area contributed by atoms with Crippen LogP contribution in [0.15, 0.2) is 24.3 Å². The lowest BCUT2D eigenvalue weighted by Crippen LogP contribution is -2.58. The van der Waals surface area contributed by atoms with Crippen LogP contribution < -0.4 is 5.32 Å². The third-order valence-corrected chi connectivity index (χ3v) is 5.59. The first-order chi connectivity index (χ1) is 16.7. The number of nitrogens with one attached hydrogen (secondary N) is 1. The maximum atomic E-state index is 12.1. The number of anilines is 1. The van der Waals surface area contributed by atoms with Crippen LogP contribution in [0.25, 0.3) is 0 Å². The molecule has 12 heteroatoms. The fraction of sp³-hybridized carbons (Fsp3) is 0.609. The van der Waals surface area contributed by atoms with Crippen LogP contribution in [-0.2, 0) is 23.8 Å². The van der Waals surface area contributed by atoms with Crippen molar-refractivity contribution in [2.75, 3.05) is 38.2 Å². The van der Waals surface area contributed by atoms with Crippen LogP contribution in [0.4, 0.5) is 5.69 Å². The first-order valence-corrected chi connectivity index (χ1v) is 11.5. The van der Waals surface area contributed by atoms with Crippen LogP contribution in [0.5, 0.6) is 0 Å². The number of rotatable bonds is 12. The summed E-state index contributed by atoms with van der Waals surface area (Å²) in [7, 11) is 0. The molecule has 0 bridgehead atoms. The summed E-state index contributed by atoms with van der Waals surface area (Å²) >= 11 is 0. The van der Waals surface area contributed by atoms with Crippen molar-refractivity contribution in [3.8, 4) is 0 Å². The van der Waals surface area contributed by atoms with Crippen LogP contribution in [0.3, 0.4) is 0 Å². The molecule has 0 aromatic heterocycles. The third-order valence-electron chi connectivity index (χ3n) is 5.59. The lowest BCUT2D eigenvalue weighted by molar-refractivity contribution is -0.287. The minimum absolute atomic E-state index is 0.188. The third kappa shape index (κ3) is 8.84. The van der Waals surface area contributed by atoms with Gasteiger partial charge < -0.3 is 44.9 Å². The van der Waals surface area contributed by atoms with Gasteiger partial charge >= 0.3 is 11.9 Å². The van der Waals surface area contributed by atoms with Gasteiger partial charge in [-0.15, -0.1) is 0 Å². The standard InChI is InChI=1S/C23H34N2O10/c1-3-25(4-2)11-12-33-22(31)14-5-7-15(8-6-14)24-17(26)9-10-18(27)34-13-16-19(28)20(29)21(30)23(32)35-16/h5-8,16,19-21,23,28-30,32H,3-4,9-13H2,1-2H3,(H,24,26)/t16-,19-,20+,21+,23?/m0/s1. The SMILES string of the molecule is CCN(CC)CCOC(=O)c1ccc(NC(=O)CCC(=O)OC[C@@H]2OC(O)[C@H](O)[C@H](O)[C@H]2O)cc1. The maximum Gasteiger partial charge on any atom is 0.338 e. The Kier molecular flexibility index (Phi) is 11.5. The summed E-state index contributed by atoms with van der Waals surface area (Å²) in [6.45, 7) is 6.26. The van der Waals surface area contributed by atoms with Crippen molar-refractivity contribution in [3.63, 3.8) is 0 Å². The molecule has 1 aliphatic rings. The molecule has 1 aromatic rings. The van der Waals surface area contributed by atoms with E-state index in [0.29, 0.717) is 17.8 Å². The summed E-state index contributed by atoms with van der Waals surface area (Å²) < 4.78 is 15.1. The summed E-state index contributed by atoms with van der Waals surface area (Å²) in [6, 6.07) is 6.14. The number of carbonyl (C=O) groups is 3. The molecule has 5 atom stereocenters. The normalized spacial score (nSPS) is 24.1. The predicted octanol–water partition coefficient (Wildman–Crippen LogP) is -0.753. The van der Waals surface area contributed by atoms with Gasteiger partial charge in [0.05, 0.1) is 12.0 Å².